The lowest BCUT2D eigenvalue weighted by Crippen LogP contribution is -2.49. The number of carbonyl (C=O) groups excluding carboxylic acids is 2. The van der Waals surface area contributed by atoms with Crippen LogP contribution >= 0.6 is 0 Å². The van der Waals surface area contributed by atoms with E-state index in [1.165, 1.54) is 19.1 Å². The zero-order valence-electron chi connectivity index (χ0n) is 14.9. The number of amides is 2. The van der Waals surface area contributed by atoms with Crippen molar-refractivity contribution < 1.29 is 33.3 Å². The number of imide groups is 1. The van der Waals surface area contributed by atoms with E-state index in [9.17, 15) is 9.59 Å². The molecule has 4 heterocycles. The first-order valence-corrected chi connectivity index (χ1v) is 8.81. The molecule has 2 amide bonds. The van der Waals surface area contributed by atoms with Crippen molar-refractivity contribution in [2.45, 2.75) is 18.0 Å². The van der Waals surface area contributed by atoms with E-state index < -0.39 is 29.8 Å². The van der Waals surface area contributed by atoms with E-state index in [0.717, 1.165) is 0 Å². The maximum absolute atomic E-state index is 13.4. The van der Waals surface area contributed by atoms with Gasteiger partial charge in [0.15, 0.2) is 11.9 Å². The van der Waals surface area contributed by atoms with Crippen LogP contribution in [0, 0.1) is 11.8 Å². The van der Waals surface area contributed by atoms with E-state index in [4.69, 9.17) is 23.7 Å². The van der Waals surface area contributed by atoms with Crippen LogP contribution in [0.3, 0.4) is 0 Å². The molecule has 27 heavy (non-hydrogen) atoms. The third kappa shape index (κ3) is 2.08. The van der Waals surface area contributed by atoms with Gasteiger partial charge in [-0.3, -0.25) is 9.59 Å². The third-order valence-corrected chi connectivity index (χ3v) is 5.69. The topological polar surface area (TPSA) is 83.5 Å². The van der Waals surface area contributed by atoms with Crippen LogP contribution in [-0.2, 0) is 23.8 Å². The molecule has 3 fully saturated rings. The first-order valence-electron chi connectivity index (χ1n) is 8.81. The van der Waals surface area contributed by atoms with Gasteiger partial charge in [-0.2, -0.15) is 0 Å². The normalized spacial score (nSPS) is 34.6. The Hall–Kier alpha value is -2.42. The van der Waals surface area contributed by atoms with Crippen molar-refractivity contribution in [3.8, 4) is 11.5 Å². The van der Waals surface area contributed by atoms with Gasteiger partial charge in [0.2, 0.25) is 11.8 Å². The number of methoxy groups -OCH3 is 2. The monoisotopic (exact) mass is 373 g/mol. The molecule has 0 saturated carbocycles. The van der Waals surface area contributed by atoms with Crippen LogP contribution in [0.2, 0.25) is 0 Å². The average Bonchev–Trinajstić information content (AvgIpc) is 3.45. The summed E-state index contributed by atoms with van der Waals surface area (Å²) in [5.41, 5.74) is -0.705. The van der Waals surface area contributed by atoms with Crippen molar-refractivity contribution in [2.24, 2.45) is 11.8 Å². The minimum Gasteiger partial charge on any atom is -0.497 e. The number of hydrogen-bond acceptors (Lipinski definition) is 7. The van der Waals surface area contributed by atoms with Crippen LogP contribution in [0.1, 0.15) is 0 Å². The molecule has 5 rings (SSSR count). The zero-order valence-corrected chi connectivity index (χ0v) is 14.9. The van der Waals surface area contributed by atoms with Crippen molar-refractivity contribution in [2.75, 3.05) is 32.3 Å². The number of fused-ring (bicyclic) bond motifs is 5. The van der Waals surface area contributed by atoms with Gasteiger partial charge in [0.05, 0.1) is 51.1 Å². The quantitative estimate of drug-likeness (QED) is 0.572. The summed E-state index contributed by atoms with van der Waals surface area (Å²) < 4.78 is 28.0. The number of carbonyl (C=O) groups is 2. The Morgan fingerprint density at radius 2 is 1.89 bits per heavy atom. The van der Waals surface area contributed by atoms with Crippen LogP contribution in [0.4, 0.5) is 5.69 Å². The molecule has 0 aromatic heterocycles. The average molecular weight is 373 g/mol. The molecule has 1 aromatic rings. The summed E-state index contributed by atoms with van der Waals surface area (Å²) in [6.07, 6.45) is 2.47. The van der Waals surface area contributed by atoms with Crippen LogP contribution in [0.15, 0.2) is 30.4 Å². The van der Waals surface area contributed by atoms with E-state index >= 15 is 0 Å². The van der Waals surface area contributed by atoms with E-state index in [0.29, 0.717) is 30.4 Å². The highest BCUT2D eigenvalue weighted by atomic mass is 16.7. The van der Waals surface area contributed by atoms with E-state index in [1.807, 2.05) is 12.2 Å². The fourth-order valence-electron chi connectivity index (χ4n) is 4.53. The third-order valence-electron chi connectivity index (χ3n) is 5.69. The Bertz CT molecular complexity index is 846. The molecule has 4 aliphatic heterocycles. The summed E-state index contributed by atoms with van der Waals surface area (Å²) in [5.74, 6) is -1.02. The lowest BCUT2D eigenvalue weighted by molar-refractivity contribution is -0.180. The Morgan fingerprint density at radius 3 is 2.59 bits per heavy atom. The molecule has 0 N–H and O–H groups in total. The second kappa shape index (κ2) is 5.79. The molecular weight excluding hydrogens is 354 g/mol. The molecule has 0 aliphatic carbocycles. The Morgan fingerprint density at radius 1 is 1.11 bits per heavy atom. The van der Waals surface area contributed by atoms with E-state index in [1.54, 1.807) is 18.2 Å². The van der Waals surface area contributed by atoms with Crippen molar-refractivity contribution in [1.82, 2.24) is 0 Å². The van der Waals surface area contributed by atoms with E-state index in [2.05, 4.69) is 0 Å². The van der Waals surface area contributed by atoms with Gasteiger partial charge in [0.1, 0.15) is 11.5 Å². The lowest BCUT2D eigenvalue weighted by Gasteiger charge is -2.32. The summed E-state index contributed by atoms with van der Waals surface area (Å²) in [7, 11) is 3.02. The number of rotatable bonds is 4. The van der Waals surface area contributed by atoms with Crippen LogP contribution < -0.4 is 14.4 Å². The first-order chi connectivity index (χ1) is 13.1. The summed E-state index contributed by atoms with van der Waals surface area (Å²) in [6.45, 7) is 0.864. The van der Waals surface area contributed by atoms with Crippen molar-refractivity contribution >= 4 is 17.5 Å². The fourth-order valence-corrected chi connectivity index (χ4v) is 4.53. The zero-order chi connectivity index (χ0) is 18.8. The SMILES string of the molecule is COc1ccc(OC)c(N2C(=O)[C@@H]3[C@@H](C2=O)[C@@]2(C4OCCO4)C=C[C@H]3O2)c1. The maximum Gasteiger partial charge on any atom is 0.241 e. The van der Waals surface area contributed by atoms with Crippen molar-refractivity contribution in [1.29, 1.82) is 0 Å². The molecule has 4 aliphatic rings. The van der Waals surface area contributed by atoms with Crippen LogP contribution in [-0.4, -0.2) is 57.2 Å². The summed E-state index contributed by atoms with van der Waals surface area (Å²) in [6, 6.07) is 5.01. The largest absolute Gasteiger partial charge is 0.497 e. The Labute approximate surface area is 155 Å². The summed E-state index contributed by atoms with van der Waals surface area (Å²) in [4.78, 5) is 27.8. The Balaban J connectivity index is 1.58. The summed E-state index contributed by atoms with van der Waals surface area (Å²) in [5, 5.41) is 0. The number of benzene rings is 1. The first kappa shape index (κ1) is 16.7. The summed E-state index contributed by atoms with van der Waals surface area (Å²) >= 11 is 0. The van der Waals surface area contributed by atoms with Gasteiger partial charge in [0, 0.05) is 6.07 Å². The lowest BCUT2D eigenvalue weighted by atomic mass is 9.76. The molecule has 1 aromatic carbocycles. The molecule has 2 bridgehead atoms. The number of nitrogens with zero attached hydrogens (tertiary/aromatic N) is 1. The molecule has 3 saturated heterocycles. The van der Waals surface area contributed by atoms with Crippen molar-refractivity contribution in [3.63, 3.8) is 0 Å². The van der Waals surface area contributed by atoms with Gasteiger partial charge in [-0.05, 0) is 18.2 Å². The molecule has 0 spiro atoms. The van der Waals surface area contributed by atoms with Crippen molar-refractivity contribution in [3.05, 3.63) is 30.4 Å². The predicted molar refractivity (Wildman–Crippen MR) is 91.5 cm³/mol. The predicted octanol–water partition coefficient (Wildman–Crippen LogP) is 0.890. The highest BCUT2D eigenvalue weighted by Crippen LogP contribution is 2.55. The fraction of sp³-hybridized carbons (Fsp3) is 0.474. The highest BCUT2D eigenvalue weighted by molar-refractivity contribution is 6.24. The van der Waals surface area contributed by atoms with E-state index in [-0.39, 0.29) is 11.8 Å². The number of ether oxygens (including phenoxy) is 5. The van der Waals surface area contributed by atoms with Crippen LogP contribution in [0.5, 0.6) is 11.5 Å². The van der Waals surface area contributed by atoms with Gasteiger partial charge in [-0.25, -0.2) is 4.90 Å². The van der Waals surface area contributed by atoms with Gasteiger partial charge < -0.3 is 23.7 Å². The number of anilines is 1. The maximum atomic E-state index is 13.4. The second-order valence-electron chi connectivity index (χ2n) is 6.92. The Kier molecular flexibility index (Phi) is 3.59. The second-order valence-corrected chi connectivity index (χ2v) is 6.92. The molecule has 142 valence electrons. The van der Waals surface area contributed by atoms with Crippen LogP contribution in [0.25, 0.3) is 0 Å². The molecule has 0 radical (unpaired) electrons. The molecule has 8 nitrogen and oxygen atoms in total. The minimum atomic E-state index is -1.07. The highest BCUT2D eigenvalue weighted by Gasteiger charge is 2.71. The van der Waals surface area contributed by atoms with Gasteiger partial charge in [0.25, 0.3) is 0 Å². The molecule has 8 heteroatoms. The minimum absolute atomic E-state index is 0.314. The van der Waals surface area contributed by atoms with Gasteiger partial charge in [-0.15, -0.1) is 0 Å². The molecular formula is C19H19NO7. The van der Waals surface area contributed by atoms with Gasteiger partial charge >= 0.3 is 0 Å². The molecule has 4 atom stereocenters. The smallest absolute Gasteiger partial charge is 0.241 e. The molecule has 0 unspecified atom stereocenters. The number of hydrogen-bond donors (Lipinski definition) is 0. The van der Waals surface area contributed by atoms with Gasteiger partial charge in [-0.1, -0.05) is 6.08 Å². The standard InChI is InChI=1S/C19H19NO7/c1-23-10-3-4-12(24-2)11(9-10)20-16(21)14-13-5-6-19(27-13,15(14)17(20)22)18-25-7-8-26-18/h3-6,9,13-15,18H,7-8H2,1-2H3/t13-,14+,15+,19-/m1/s1.